The van der Waals surface area contributed by atoms with Crippen molar-refractivity contribution in [3.05, 3.63) is 30.1 Å². The first-order valence-corrected chi connectivity index (χ1v) is 5.57. The molecule has 0 fully saturated rings. The van der Waals surface area contributed by atoms with Crippen molar-refractivity contribution < 1.29 is 9.36 Å². The topological polar surface area (TPSA) is 33.0 Å². The lowest BCUT2D eigenvalue weighted by atomic mass is 9.88. The summed E-state index contributed by atoms with van der Waals surface area (Å²) in [4.78, 5) is 11.9. The summed E-state index contributed by atoms with van der Waals surface area (Å²) in [6, 6.07) is 3.84. The summed E-state index contributed by atoms with van der Waals surface area (Å²) >= 11 is 0. The van der Waals surface area contributed by atoms with Crippen molar-refractivity contribution in [1.29, 1.82) is 0 Å². The van der Waals surface area contributed by atoms with Crippen LogP contribution in [0.15, 0.2) is 24.5 Å². The molecule has 0 spiro atoms. The number of pyridine rings is 1. The molecule has 1 unspecified atom stereocenters. The first-order chi connectivity index (χ1) is 7.30. The monoisotopic (exact) mass is 221 g/mol. The van der Waals surface area contributed by atoms with E-state index >= 15 is 0 Å². The first kappa shape index (κ1) is 12.7. The van der Waals surface area contributed by atoms with E-state index in [2.05, 4.69) is 26.1 Å². The first-order valence-electron chi connectivity index (χ1n) is 5.57. The zero-order chi connectivity index (χ0) is 12.3. The predicted octanol–water partition coefficient (Wildman–Crippen LogP) is 1.68. The minimum atomic E-state index is -0.0152. The fourth-order valence-corrected chi connectivity index (χ4v) is 1.22. The van der Waals surface area contributed by atoms with Crippen LogP contribution in [0.4, 0.5) is 0 Å². The zero-order valence-corrected chi connectivity index (χ0v) is 10.7. The van der Waals surface area contributed by atoms with E-state index in [0.29, 0.717) is 5.56 Å². The molecule has 0 aliphatic carbocycles. The lowest BCUT2D eigenvalue weighted by Crippen LogP contribution is -2.42. The van der Waals surface area contributed by atoms with Gasteiger partial charge in [0.25, 0.3) is 5.91 Å². The van der Waals surface area contributed by atoms with Gasteiger partial charge in [0.15, 0.2) is 12.4 Å². The van der Waals surface area contributed by atoms with Gasteiger partial charge in [-0.3, -0.25) is 4.79 Å². The summed E-state index contributed by atoms with van der Waals surface area (Å²) in [6.07, 6.45) is 3.73. The molecule has 1 heterocycles. The van der Waals surface area contributed by atoms with Crippen molar-refractivity contribution >= 4 is 5.91 Å². The lowest BCUT2D eigenvalue weighted by Gasteiger charge is -2.27. The minimum Gasteiger partial charge on any atom is -0.349 e. The average Bonchev–Trinajstić information content (AvgIpc) is 2.16. The van der Waals surface area contributed by atoms with E-state index in [1.165, 1.54) is 0 Å². The molecule has 1 amide bonds. The van der Waals surface area contributed by atoms with Crippen LogP contribution in [-0.4, -0.2) is 11.9 Å². The van der Waals surface area contributed by atoms with Crippen LogP contribution in [0.2, 0.25) is 0 Å². The number of amides is 1. The molecule has 0 aliphatic rings. The molecule has 0 aromatic carbocycles. The number of nitrogens with one attached hydrogen (secondary N) is 1. The normalized spacial score (nSPS) is 13.3. The Morgan fingerprint density at radius 1 is 1.44 bits per heavy atom. The van der Waals surface area contributed by atoms with E-state index in [1.807, 2.05) is 43.1 Å². The number of aromatic nitrogens is 1. The van der Waals surface area contributed by atoms with E-state index in [9.17, 15) is 4.79 Å². The summed E-state index contributed by atoms with van der Waals surface area (Å²) in [7, 11) is 1.91. The number of rotatable bonds is 2. The third-order valence-corrected chi connectivity index (χ3v) is 2.85. The van der Waals surface area contributed by atoms with Gasteiger partial charge < -0.3 is 5.32 Å². The number of nitrogens with zero attached hydrogens (tertiary/aromatic N) is 1. The number of hydrogen-bond donors (Lipinski definition) is 1. The molecule has 3 heteroatoms. The van der Waals surface area contributed by atoms with E-state index in [4.69, 9.17) is 0 Å². The Morgan fingerprint density at radius 3 is 2.56 bits per heavy atom. The van der Waals surface area contributed by atoms with Gasteiger partial charge in [-0.25, -0.2) is 4.57 Å². The van der Waals surface area contributed by atoms with Crippen molar-refractivity contribution in [2.24, 2.45) is 12.5 Å². The van der Waals surface area contributed by atoms with Crippen molar-refractivity contribution in [2.75, 3.05) is 0 Å². The van der Waals surface area contributed by atoms with E-state index in [-0.39, 0.29) is 17.4 Å². The molecule has 0 saturated carbocycles. The second-order valence-corrected chi connectivity index (χ2v) is 5.32. The lowest BCUT2D eigenvalue weighted by molar-refractivity contribution is -0.671. The Labute approximate surface area is 97.5 Å². The largest absolute Gasteiger partial charge is 0.349 e. The Bertz CT molecular complexity index is 380. The van der Waals surface area contributed by atoms with Crippen molar-refractivity contribution in [3.63, 3.8) is 0 Å². The summed E-state index contributed by atoms with van der Waals surface area (Å²) < 4.78 is 1.87. The molecule has 0 aliphatic heterocycles. The summed E-state index contributed by atoms with van der Waals surface area (Å²) in [6.45, 7) is 8.37. The predicted molar refractivity (Wildman–Crippen MR) is 64.0 cm³/mol. The molecule has 1 rings (SSSR count). The number of aryl methyl sites for hydroxylation is 1. The van der Waals surface area contributed by atoms with Gasteiger partial charge in [-0.2, -0.15) is 0 Å². The second-order valence-electron chi connectivity index (χ2n) is 5.32. The minimum absolute atomic E-state index is 0.0152. The molecule has 1 aromatic heterocycles. The fourth-order valence-electron chi connectivity index (χ4n) is 1.22. The molecule has 0 saturated heterocycles. The quantitative estimate of drug-likeness (QED) is 0.757. The van der Waals surface area contributed by atoms with Crippen LogP contribution < -0.4 is 9.88 Å². The zero-order valence-electron chi connectivity index (χ0n) is 10.7. The van der Waals surface area contributed by atoms with Crippen LogP contribution in [-0.2, 0) is 7.05 Å². The van der Waals surface area contributed by atoms with Crippen LogP contribution >= 0.6 is 0 Å². The van der Waals surface area contributed by atoms with Gasteiger partial charge >= 0.3 is 0 Å². The maximum absolute atomic E-state index is 11.9. The Kier molecular flexibility index (Phi) is 3.68. The molecular weight excluding hydrogens is 200 g/mol. The SMILES string of the molecule is CC(NC(=O)c1ccc[n+](C)c1)C(C)(C)C. The molecule has 3 nitrogen and oxygen atoms in total. The van der Waals surface area contributed by atoms with Gasteiger partial charge in [0, 0.05) is 12.1 Å². The van der Waals surface area contributed by atoms with Crippen LogP contribution in [0, 0.1) is 5.41 Å². The summed E-state index contributed by atoms with van der Waals surface area (Å²) in [5, 5.41) is 3.01. The number of carbonyl (C=O) groups is 1. The molecule has 1 atom stereocenters. The fraction of sp³-hybridized carbons (Fsp3) is 0.538. The van der Waals surface area contributed by atoms with Gasteiger partial charge in [0.2, 0.25) is 0 Å². The third-order valence-electron chi connectivity index (χ3n) is 2.85. The molecule has 88 valence electrons. The number of hydrogen-bond acceptors (Lipinski definition) is 1. The summed E-state index contributed by atoms with van der Waals surface area (Å²) in [5.74, 6) is -0.0152. The van der Waals surface area contributed by atoms with Gasteiger partial charge in [-0.05, 0) is 18.4 Å². The smallest absolute Gasteiger partial charge is 0.257 e. The second kappa shape index (κ2) is 4.64. The van der Waals surface area contributed by atoms with E-state index in [1.54, 1.807) is 0 Å². The average molecular weight is 221 g/mol. The standard InChI is InChI=1S/C13H20N2O/c1-10(13(2,3)4)14-12(16)11-7-6-8-15(5)9-11/h6-10H,1-5H3/p+1. The van der Waals surface area contributed by atoms with Gasteiger partial charge in [-0.15, -0.1) is 0 Å². The van der Waals surface area contributed by atoms with Gasteiger partial charge in [0.05, 0.1) is 0 Å². The molecule has 1 aromatic rings. The Balaban J connectivity index is 2.74. The van der Waals surface area contributed by atoms with Crippen molar-refractivity contribution in [2.45, 2.75) is 33.7 Å². The maximum Gasteiger partial charge on any atom is 0.257 e. The molecule has 1 N–H and O–H groups in total. The summed E-state index contributed by atoms with van der Waals surface area (Å²) in [5.41, 5.74) is 0.771. The molecule has 0 radical (unpaired) electrons. The van der Waals surface area contributed by atoms with E-state index in [0.717, 1.165) is 0 Å². The van der Waals surface area contributed by atoms with Crippen LogP contribution in [0.1, 0.15) is 38.1 Å². The van der Waals surface area contributed by atoms with Gasteiger partial charge in [0.1, 0.15) is 12.6 Å². The third kappa shape index (κ3) is 3.33. The maximum atomic E-state index is 11.9. The molecule has 0 bridgehead atoms. The van der Waals surface area contributed by atoms with Crippen LogP contribution in [0.3, 0.4) is 0 Å². The van der Waals surface area contributed by atoms with Crippen molar-refractivity contribution in [3.8, 4) is 0 Å². The van der Waals surface area contributed by atoms with Gasteiger partial charge in [-0.1, -0.05) is 20.8 Å². The highest BCUT2D eigenvalue weighted by molar-refractivity contribution is 5.93. The van der Waals surface area contributed by atoms with Crippen molar-refractivity contribution in [1.82, 2.24) is 5.32 Å². The highest BCUT2D eigenvalue weighted by atomic mass is 16.1. The highest BCUT2D eigenvalue weighted by Gasteiger charge is 2.22. The Morgan fingerprint density at radius 2 is 2.06 bits per heavy atom. The van der Waals surface area contributed by atoms with E-state index < -0.39 is 0 Å². The Hall–Kier alpha value is -1.38. The highest BCUT2D eigenvalue weighted by Crippen LogP contribution is 2.18. The molecule has 16 heavy (non-hydrogen) atoms. The number of carbonyl (C=O) groups excluding carboxylic acids is 1. The van der Waals surface area contributed by atoms with Crippen LogP contribution in [0.5, 0.6) is 0 Å². The van der Waals surface area contributed by atoms with Crippen LogP contribution in [0.25, 0.3) is 0 Å². The molecular formula is C13H21N2O+.